The fourth-order valence-electron chi connectivity index (χ4n) is 3.53. The molecule has 0 unspecified atom stereocenters. The van der Waals surface area contributed by atoms with Crippen LogP contribution in [0, 0.1) is 5.92 Å². The Kier molecular flexibility index (Phi) is 5.36. The van der Waals surface area contributed by atoms with Crippen molar-refractivity contribution < 1.29 is 4.79 Å². The van der Waals surface area contributed by atoms with Crippen molar-refractivity contribution in [2.75, 3.05) is 11.4 Å². The van der Waals surface area contributed by atoms with Gasteiger partial charge in [0.2, 0.25) is 5.91 Å². The molecule has 1 fully saturated rings. The molecule has 0 N–H and O–H groups in total. The molecule has 0 saturated heterocycles. The van der Waals surface area contributed by atoms with Crippen LogP contribution in [0.1, 0.15) is 32.1 Å². The number of thiazole rings is 1. The summed E-state index contributed by atoms with van der Waals surface area (Å²) in [4.78, 5) is 23.9. The Morgan fingerprint density at radius 3 is 2.96 bits per heavy atom. The third kappa shape index (κ3) is 3.83. The van der Waals surface area contributed by atoms with E-state index in [2.05, 4.69) is 27.0 Å². The molecule has 7 heteroatoms. The monoisotopic (exact) mass is 432 g/mol. The van der Waals surface area contributed by atoms with Gasteiger partial charge in [0.15, 0.2) is 5.13 Å². The summed E-state index contributed by atoms with van der Waals surface area (Å²) in [7, 11) is 0. The number of fused-ring (bicyclic) bond motifs is 1. The second-order valence-corrected chi connectivity index (χ2v) is 8.66. The van der Waals surface area contributed by atoms with Crippen LogP contribution in [0.25, 0.3) is 10.2 Å². The molecule has 3 aromatic rings. The SMILES string of the molecule is O=C(C1CCCC1)N(CCCn1ccnc1)c1nc2ccc(Br)cc2s1. The van der Waals surface area contributed by atoms with Gasteiger partial charge in [0.05, 0.1) is 16.5 Å². The van der Waals surface area contributed by atoms with Gasteiger partial charge in [0.25, 0.3) is 0 Å². The summed E-state index contributed by atoms with van der Waals surface area (Å²) < 4.78 is 4.19. The highest BCUT2D eigenvalue weighted by molar-refractivity contribution is 9.10. The highest BCUT2D eigenvalue weighted by Gasteiger charge is 2.29. The van der Waals surface area contributed by atoms with Crippen LogP contribution in [0.3, 0.4) is 0 Å². The number of rotatable bonds is 6. The van der Waals surface area contributed by atoms with Crippen molar-refractivity contribution in [3.63, 3.8) is 0 Å². The van der Waals surface area contributed by atoms with E-state index in [-0.39, 0.29) is 11.8 Å². The number of aromatic nitrogens is 3. The van der Waals surface area contributed by atoms with Crippen molar-refractivity contribution in [2.24, 2.45) is 5.92 Å². The average molecular weight is 433 g/mol. The van der Waals surface area contributed by atoms with Gasteiger partial charge in [-0.05, 0) is 37.5 Å². The van der Waals surface area contributed by atoms with Gasteiger partial charge in [-0.2, -0.15) is 0 Å². The molecule has 2 aromatic heterocycles. The minimum atomic E-state index is 0.155. The highest BCUT2D eigenvalue weighted by Crippen LogP contribution is 2.34. The minimum Gasteiger partial charge on any atom is -0.337 e. The minimum absolute atomic E-state index is 0.155. The van der Waals surface area contributed by atoms with E-state index < -0.39 is 0 Å². The molecule has 2 heterocycles. The Hall–Kier alpha value is -1.73. The summed E-state index contributed by atoms with van der Waals surface area (Å²) in [5.41, 5.74) is 0.951. The third-order valence-corrected chi connectivity index (χ3v) is 6.43. The number of anilines is 1. The number of hydrogen-bond acceptors (Lipinski definition) is 4. The summed E-state index contributed by atoms with van der Waals surface area (Å²) in [5, 5.41) is 0.820. The smallest absolute Gasteiger partial charge is 0.231 e. The summed E-state index contributed by atoms with van der Waals surface area (Å²) >= 11 is 5.11. The van der Waals surface area contributed by atoms with Crippen molar-refractivity contribution in [1.82, 2.24) is 14.5 Å². The molecule has 0 bridgehead atoms. The molecule has 1 amide bonds. The lowest BCUT2D eigenvalue weighted by Gasteiger charge is -2.23. The van der Waals surface area contributed by atoms with E-state index in [9.17, 15) is 4.79 Å². The number of halogens is 1. The molecule has 5 nitrogen and oxygen atoms in total. The third-order valence-electron chi connectivity index (χ3n) is 4.90. The van der Waals surface area contributed by atoms with Gasteiger partial charge in [0, 0.05) is 35.9 Å². The van der Waals surface area contributed by atoms with Gasteiger partial charge in [-0.3, -0.25) is 9.69 Å². The van der Waals surface area contributed by atoms with Crippen LogP contribution in [0.4, 0.5) is 5.13 Å². The van der Waals surface area contributed by atoms with E-state index in [1.807, 2.05) is 34.1 Å². The fraction of sp³-hybridized carbons (Fsp3) is 0.421. The molecule has 0 aliphatic heterocycles. The largest absolute Gasteiger partial charge is 0.337 e. The number of imidazole rings is 1. The summed E-state index contributed by atoms with van der Waals surface area (Å²) in [6.45, 7) is 1.54. The molecule has 0 spiro atoms. The zero-order valence-electron chi connectivity index (χ0n) is 14.5. The lowest BCUT2D eigenvalue weighted by Crippen LogP contribution is -2.36. The van der Waals surface area contributed by atoms with Crippen LogP contribution in [-0.2, 0) is 11.3 Å². The number of aryl methyl sites for hydroxylation is 1. The molecule has 1 aliphatic rings. The zero-order valence-corrected chi connectivity index (χ0v) is 16.9. The summed E-state index contributed by atoms with van der Waals surface area (Å²) in [6, 6.07) is 6.07. The number of carbonyl (C=O) groups excluding carboxylic acids is 1. The van der Waals surface area contributed by atoms with E-state index in [1.54, 1.807) is 17.5 Å². The van der Waals surface area contributed by atoms with Crippen molar-refractivity contribution in [1.29, 1.82) is 0 Å². The van der Waals surface area contributed by atoms with Crippen molar-refractivity contribution in [3.05, 3.63) is 41.4 Å². The van der Waals surface area contributed by atoms with Gasteiger partial charge in [-0.25, -0.2) is 9.97 Å². The normalized spacial score (nSPS) is 15.0. The molecule has 136 valence electrons. The van der Waals surface area contributed by atoms with E-state index in [0.717, 1.165) is 58.5 Å². The first-order chi connectivity index (χ1) is 12.7. The van der Waals surface area contributed by atoms with Crippen LogP contribution < -0.4 is 4.90 Å². The van der Waals surface area contributed by atoms with Crippen LogP contribution >= 0.6 is 27.3 Å². The van der Waals surface area contributed by atoms with Crippen LogP contribution in [0.15, 0.2) is 41.4 Å². The first-order valence-electron chi connectivity index (χ1n) is 9.04. The number of hydrogen-bond donors (Lipinski definition) is 0. The van der Waals surface area contributed by atoms with E-state index in [0.29, 0.717) is 6.54 Å². The first kappa shape index (κ1) is 17.7. The molecule has 1 aromatic carbocycles. The number of amides is 1. The van der Waals surface area contributed by atoms with Gasteiger partial charge < -0.3 is 4.57 Å². The first-order valence-corrected chi connectivity index (χ1v) is 10.6. The van der Waals surface area contributed by atoms with Gasteiger partial charge >= 0.3 is 0 Å². The average Bonchev–Trinajstić information content (AvgIpc) is 3.38. The molecule has 26 heavy (non-hydrogen) atoms. The topological polar surface area (TPSA) is 51.0 Å². The summed E-state index contributed by atoms with van der Waals surface area (Å²) in [6.07, 6.45) is 10.8. The van der Waals surface area contributed by atoms with Crippen molar-refractivity contribution in [2.45, 2.75) is 38.6 Å². The van der Waals surface area contributed by atoms with Crippen molar-refractivity contribution in [3.8, 4) is 0 Å². The Balaban J connectivity index is 1.56. The van der Waals surface area contributed by atoms with Crippen LogP contribution in [-0.4, -0.2) is 27.0 Å². The maximum absolute atomic E-state index is 13.1. The fourth-order valence-corrected chi connectivity index (χ4v) is 5.07. The Labute approximate surface area is 165 Å². The van der Waals surface area contributed by atoms with Crippen LogP contribution in [0.5, 0.6) is 0 Å². The molecule has 4 rings (SSSR count). The standard InChI is InChI=1S/C19H21BrN4OS/c20-15-6-7-16-17(12-15)26-19(22-16)24(18(25)14-4-1-2-5-14)10-3-9-23-11-8-21-13-23/h6-8,11-14H,1-5,9-10H2. The predicted octanol–water partition coefficient (Wildman–Crippen LogP) is 4.87. The van der Waals surface area contributed by atoms with E-state index in [4.69, 9.17) is 4.98 Å². The maximum atomic E-state index is 13.1. The summed E-state index contributed by atoms with van der Waals surface area (Å²) in [5.74, 6) is 0.397. The molecule has 0 radical (unpaired) electrons. The van der Waals surface area contributed by atoms with E-state index >= 15 is 0 Å². The van der Waals surface area contributed by atoms with E-state index in [1.165, 1.54) is 0 Å². The molecule has 0 atom stereocenters. The predicted molar refractivity (Wildman–Crippen MR) is 108 cm³/mol. The molecular formula is C19H21BrN4OS. The van der Waals surface area contributed by atoms with Gasteiger partial charge in [-0.15, -0.1) is 0 Å². The Morgan fingerprint density at radius 1 is 1.35 bits per heavy atom. The maximum Gasteiger partial charge on any atom is 0.231 e. The highest BCUT2D eigenvalue weighted by atomic mass is 79.9. The lowest BCUT2D eigenvalue weighted by molar-refractivity contribution is -0.122. The Morgan fingerprint density at radius 2 is 2.19 bits per heavy atom. The Bertz CT molecular complexity index is 886. The zero-order chi connectivity index (χ0) is 17.9. The quantitative estimate of drug-likeness (QED) is 0.558. The van der Waals surface area contributed by atoms with Crippen LogP contribution in [0.2, 0.25) is 0 Å². The number of carbonyl (C=O) groups is 1. The molecule has 1 saturated carbocycles. The second kappa shape index (κ2) is 7.88. The van der Waals surface area contributed by atoms with Crippen molar-refractivity contribution >= 4 is 48.5 Å². The number of nitrogens with zero attached hydrogens (tertiary/aromatic N) is 4. The van der Waals surface area contributed by atoms with Gasteiger partial charge in [0.1, 0.15) is 0 Å². The molecule has 1 aliphatic carbocycles. The number of benzene rings is 1. The van der Waals surface area contributed by atoms with Gasteiger partial charge in [-0.1, -0.05) is 40.1 Å². The molecular weight excluding hydrogens is 412 g/mol. The second-order valence-electron chi connectivity index (χ2n) is 6.73. The lowest BCUT2D eigenvalue weighted by atomic mass is 10.1.